The molecule has 2 unspecified atom stereocenters. The molecule has 84 valence electrons. The van der Waals surface area contributed by atoms with Gasteiger partial charge < -0.3 is 5.11 Å². The van der Waals surface area contributed by atoms with Crippen LogP contribution in [-0.4, -0.2) is 31.9 Å². The SMILES string of the molecule is CC1CCCCC1NS(=O)(=O)CCO. The quantitative estimate of drug-likeness (QED) is 0.725. The first kappa shape index (κ1) is 11.9. The fourth-order valence-electron chi connectivity index (χ4n) is 1.90. The molecule has 0 spiro atoms. The predicted octanol–water partition coefficient (Wildman–Crippen LogP) is 0.477. The molecule has 0 bridgehead atoms. The summed E-state index contributed by atoms with van der Waals surface area (Å²) < 4.78 is 25.4. The minimum Gasteiger partial charge on any atom is -0.395 e. The van der Waals surface area contributed by atoms with E-state index in [1.54, 1.807) is 0 Å². The van der Waals surface area contributed by atoms with E-state index in [0.717, 1.165) is 19.3 Å². The van der Waals surface area contributed by atoms with Crippen LogP contribution in [0.4, 0.5) is 0 Å². The molecule has 5 heteroatoms. The molecule has 1 aliphatic rings. The number of aliphatic hydroxyl groups is 1. The molecule has 0 heterocycles. The van der Waals surface area contributed by atoms with E-state index in [-0.39, 0.29) is 18.4 Å². The van der Waals surface area contributed by atoms with Gasteiger partial charge in [0.05, 0.1) is 12.4 Å². The van der Waals surface area contributed by atoms with Gasteiger partial charge in [0.2, 0.25) is 10.0 Å². The molecule has 0 aliphatic heterocycles. The maximum absolute atomic E-state index is 11.4. The maximum Gasteiger partial charge on any atom is 0.214 e. The second kappa shape index (κ2) is 5.09. The average Bonchev–Trinajstić information content (AvgIpc) is 2.08. The standard InChI is InChI=1S/C9H19NO3S/c1-8-4-2-3-5-9(8)10-14(12,13)7-6-11/h8-11H,2-7H2,1H3. The van der Waals surface area contributed by atoms with Crippen molar-refractivity contribution in [3.8, 4) is 0 Å². The van der Waals surface area contributed by atoms with Crippen molar-refractivity contribution in [2.75, 3.05) is 12.4 Å². The zero-order chi connectivity index (χ0) is 10.6. The van der Waals surface area contributed by atoms with E-state index >= 15 is 0 Å². The van der Waals surface area contributed by atoms with E-state index in [9.17, 15) is 8.42 Å². The molecule has 0 aromatic rings. The minimum absolute atomic E-state index is 0.0697. The number of nitrogens with one attached hydrogen (secondary N) is 1. The number of hydrogen-bond acceptors (Lipinski definition) is 3. The number of rotatable bonds is 4. The first-order chi connectivity index (χ1) is 6.55. The van der Waals surface area contributed by atoms with Gasteiger partial charge in [-0.1, -0.05) is 19.8 Å². The average molecular weight is 221 g/mol. The molecule has 0 amide bonds. The van der Waals surface area contributed by atoms with Crippen LogP contribution in [0.3, 0.4) is 0 Å². The van der Waals surface area contributed by atoms with Crippen molar-refractivity contribution >= 4 is 10.0 Å². The summed E-state index contributed by atoms with van der Waals surface area (Å²) in [4.78, 5) is 0. The summed E-state index contributed by atoms with van der Waals surface area (Å²) in [5, 5.41) is 8.58. The van der Waals surface area contributed by atoms with Gasteiger partial charge in [0.15, 0.2) is 0 Å². The summed E-state index contributed by atoms with van der Waals surface area (Å²) in [5.74, 6) is 0.230. The van der Waals surface area contributed by atoms with Gasteiger partial charge in [0, 0.05) is 6.04 Å². The summed E-state index contributed by atoms with van der Waals surface area (Å²) >= 11 is 0. The Morgan fingerprint density at radius 3 is 2.57 bits per heavy atom. The Labute approximate surface area is 85.8 Å². The summed E-state index contributed by atoms with van der Waals surface area (Å²) in [6, 6.07) is 0.0697. The van der Waals surface area contributed by atoms with Crippen LogP contribution in [-0.2, 0) is 10.0 Å². The van der Waals surface area contributed by atoms with Crippen molar-refractivity contribution in [3.63, 3.8) is 0 Å². The Kier molecular flexibility index (Phi) is 4.34. The zero-order valence-electron chi connectivity index (χ0n) is 8.57. The Morgan fingerprint density at radius 2 is 2.00 bits per heavy atom. The molecule has 1 saturated carbocycles. The van der Waals surface area contributed by atoms with Crippen molar-refractivity contribution in [1.29, 1.82) is 0 Å². The molecule has 0 aromatic heterocycles. The van der Waals surface area contributed by atoms with Gasteiger partial charge in [-0.2, -0.15) is 0 Å². The second-order valence-electron chi connectivity index (χ2n) is 4.03. The smallest absolute Gasteiger partial charge is 0.214 e. The Bertz CT molecular complexity index is 263. The highest BCUT2D eigenvalue weighted by atomic mass is 32.2. The van der Waals surface area contributed by atoms with E-state index in [2.05, 4.69) is 11.6 Å². The van der Waals surface area contributed by atoms with Crippen molar-refractivity contribution in [1.82, 2.24) is 4.72 Å². The molecule has 0 aromatic carbocycles. The van der Waals surface area contributed by atoms with E-state index in [0.29, 0.717) is 5.92 Å². The van der Waals surface area contributed by atoms with Crippen LogP contribution in [0, 0.1) is 5.92 Å². The summed E-state index contributed by atoms with van der Waals surface area (Å²) in [7, 11) is -3.26. The third-order valence-corrected chi connectivity index (χ3v) is 4.18. The first-order valence-electron chi connectivity index (χ1n) is 5.16. The van der Waals surface area contributed by atoms with Gasteiger partial charge >= 0.3 is 0 Å². The fourth-order valence-corrected chi connectivity index (χ4v) is 3.07. The van der Waals surface area contributed by atoms with Crippen molar-refractivity contribution in [2.24, 2.45) is 5.92 Å². The number of sulfonamides is 1. The van der Waals surface area contributed by atoms with Crippen LogP contribution in [0.5, 0.6) is 0 Å². The highest BCUT2D eigenvalue weighted by Gasteiger charge is 2.25. The molecule has 2 atom stereocenters. The molecule has 4 nitrogen and oxygen atoms in total. The molecule has 0 saturated heterocycles. The lowest BCUT2D eigenvalue weighted by Crippen LogP contribution is -2.42. The van der Waals surface area contributed by atoms with Crippen LogP contribution in [0.2, 0.25) is 0 Å². The van der Waals surface area contributed by atoms with Crippen LogP contribution >= 0.6 is 0 Å². The summed E-state index contributed by atoms with van der Waals surface area (Å²) in [6.45, 7) is 1.77. The normalized spacial score (nSPS) is 29.0. The molecule has 1 fully saturated rings. The lowest BCUT2D eigenvalue weighted by molar-refractivity contribution is 0.303. The van der Waals surface area contributed by atoms with Crippen molar-refractivity contribution < 1.29 is 13.5 Å². The predicted molar refractivity (Wildman–Crippen MR) is 55.4 cm³/mol. The van der Waals surface area contributed by atoms with E-state index in [4.69, 9.17) is 5.11 Å². The monoisotopic (exact) mass is 221 g/mol. The molecule has 1 aliphatic carbocycles. The van der Waals surface area contributed by atoms with Gasteiger partial charge in [0.25, 0.3) is 0 Å². The lowest BCUT2D eigenvalue weighted by Gasteiger charge is -2.29. The molecule has 14 heavy (non-hydrogen) atoms. The van der Waals surface area contributed by atoms with Gasteiger partial charge in [-0.05, 0) is 18.8 Å². The molecule has 1 rings (SSSR count). The fraction of sp³-hybridized carbons (Fsp3) is 1.00. The van der Waals surface area contributed by atoms with Crippen LogP contribution in [0.25, 0.3) is 0 Å². The summed E-state index contributed by atoms with van der Waals surface area (Å²) in [5.41, 5.74) is 0. The van der Waals surface area contributed by atoms with Gasteiger partial charge in [-0.3, -0.25) is 0 Å². The largest absolute Gasteiger partial charge is 0.395 e. The maximum atomic E-state index is 11.4. The van der Waals surface area contributed by atoms with E-state index in [1.165, 1.54) is 6.42 Å². The Balaban J connectivity index is 2.49. The zero-order valence-corrected chi connectivity index (χ0v) is 9.39. The second-order valence-corrected chi connectivity index (χ2v) is 5.90. The molecular weight excluding hydrogens is 202 g/mol. The highest BCUT2D eigenvalue weighted by molar-refractivity contribution is 7.89. The van der Waals surface area contributed by atoms with Gasteiger partial charge in [-0.15, -0.1) is 0 Å². The Hall–Kier alpha value is -0.130. The van der Waals surface area contributed by atoms with Crippen LogP contribution < -0.4 is 4.72 Å². The van der Waals surface area contributed by atoms with E-state index in [1.807, 2.05) is 0 Å². The third-order valence-electron chi connectivity index (χ3n) is 2.80. The molecular formula is C9H19NO3S. The van der Waals surface area contributed by atoms with Crippen LogP contribution in [0.1, 0.15) is 32.6 Å². The molecule has 2 N–H and O–H groups in total. The van der Waals surface area contributed by atoms with Crippen LogP contribution in [0.15, 0.2) is 0 Å². The summed E-state index contributed by atoms with van der Waals surface area (Å²) in [6.07, 6.45) is 4.30. The van der Waals surface area contributed by atoms with E-state index < -0.39 is 10.0 Å². The molecule has 0 radical (unpaired) electrons. The van der Waals surface area contributed by atoms with Crippen molar-refractivity contribution in [3.05, 3.63) is 0 Å². The van der Waals surface area contributed by atoms with Crippen molar-refractivity contribution in [2.45, 2.75) is 38.6 Å². The third kappa shape index (κ3) is 3.55. The number of aliphatic hydroxyl groups excluding tert-OH is 1. The van der Waals surface area contributed by atoms with Gasteiger partial charge in [0.1, 0.15) is 0 Å². The highest BCUT2D eigenvalue weighted by Crippen LogP contribution is 2.24. The lowest BCUT2D eigenvalue weighted by atomic mass is 9.87. The Morgan fingerprint density at radius 1 is 1.36 bits per heavy atom. The first-order valence-corrected chi connectivity index (χ1v) is 6.81. The topological polar surface area (TPSA) is 66.4 Å². The van der Waals surface area contributed by atoms with Gasteiger partial charge in [-0.25, -0.2) is 13.1 Å². The number of hydrogen-bond donors (Lipinski definition) is 2. The minimum atomic E-state index is -3.26.